The standard InChI is InChI=1S/C15H19N5O/c1-11-17-15(18-21-11)10-20-13-6-14(20)9-19(8-13)7-12-2-4-16-5-3-12/h2-5,13-14H,6-10H2,1H3. The third kappa shape index (κ3) is 2.56. The number of hydrogen-bond acceptors (Lipinski definition) is 6. The van der Waals surface area contributed by atoms with Gasteiger partial charge in [-0.25, -0.2) is 0 Å². The van der Waals surface area contributed by atoms with E-state index in [0.717, 1.165) is 32.0 Å². The van der Waals surface area contributed by atoms with E-state index in [1.807, 2.05) is 19.3 Å². The fourth-order valence-corrected chi connectivity index (χ4v) is 3.48. The summed E-state index contributed by atoms with van der Waals surface area (Å²) in [6.07, 6.45) is 5.03. The van der Waals surface area contributed by atoms with Crippen molar-refractivity contribution >= 4 is 0 Å². The summed E-state index contributed by atoms with van der Waals surface area (Å²) in [6, 6.07) is 5.45. The molecule has 0 aliphatic carbocycles. The first-order valence-corrected chi connectivity index (χ1v) is 7.44. The van der Waals surface area contributed by atoms with Crippen molar-refractivity contribution in [2.24, 2.45) is 0 Å². The van der Waals surface area contributed by atoms with Crippen LogP contribution in [0.4, 0.5) is 0 Å². The third-order valence-corrected chi connectivity index (χ3v) is 4.47. The van der Waals surface area contributed by atoms with Gasteiger partial charge in [-0.1, -0.05) is 5.16 Å². The molecular weight excluding hydrogens is 266 g/mol. The van der Waals surface area contributed by atoms with E-state index in [2.05, 4.69) is 37.1 Å². The Bertz CT molecular complexity index is 602. The van der Waals surface area contributed by atoms with Crippen molar-refractivity contribution in [3.63, 3.8) is 0 Å². The van der Waals surface area contributed by atoms with Gasteiger partial charge in [0, 0.05) is 51.0 Å². The Morgan fingerprint density at radius 3 is 2.62 bits per heavy atom. The Labute approximate surface area is 123 Å². The third-order valence-electron chi connectivity index (χ3n) is 4.47. The monoisotopic (exact) mass is 285 g/mol. The van der Waals surface area contributed by atoms with Crippen molar-refractivity contribution in [3.8, 4) is 0 Å². The van der Waals surface area contributed by atoms with Crippen LogP contribution in [0, 0.1) is 6.92 Å². The molecule has 3 saturated heterocycles. The minimum absolute atomic E-state index is 0.629. The summed E-state index contributed by atoms with van der Waals surface area (Å²) >= 11 is 0. The van der Waals surface area contributed by atoms with Gasteiger partial charge < -0.3 is 4.52 Å². The zero-order chi connectivity index (χ0) is 14.2. The molecular formula is C15H19N5O. The van der Waals surface area contributed by atoms with Gasteiger partial charge in [-0.2, -0.15) is 4.98 Å². The lowest BCUT2D eigenvalue weighted by Gasteiger charge is -2.56. The van der Waals surface area contributed by atoms with E-state index in [9.17, 15) is 0 Å². The first-order chi connectivity index (χ1) is 10.3. The molecule has 3 aliphatic heterocycles. The lowest BCUT2D eigenvalue weighted by molar-refractivity contribution is -0.0790. The molecule has 0 saturated carbocycles. The van der Waals surface area contributed by atoms with Crippen molar-refractivity contribution in [3.05, 3.63) is 41.8 Å². The summed E-state index contributed by atoms with van der Waals surface area (Å²) in [5, 5.41) is 4.00. The van der Waals surface area contributed by atoms with Crippen LogP contribution in [0.15, 0.2) is 29.0 Å². The van der Waals surface area contributed by atoms with Crippen LogP contribution >= 0.6 is 0 Å². The van der Waals surface area contributed by atoms with Gasteiger partial charge in [0.25, 0.3) is 0 Å². The molecule has 3 fully saturated rings. The van der Waals surface area contributed by atoms with Crippen LogP contribution in [0.3, 0.4) is 0 Å². The zero-order valence-corrected chi connectivity index (χ0v) is 12.1. The Balaban J connectivity index is 1.35. The molecule has 5 heterocycles. The molecule has 2 aromatic heterocycles. The first kappa shape index (κ1) is 12.9. The SMILES string of the molecule is Cc1nc(CN2C3CC2CN(Cc2ccncc2)C3)no1. The molecule has 0 spiro atoms. The van der Waals surface area contributed by atoms with Gasteiger partial charge in [0.15, 0.2) is 5.82 Å². The van der Waals surface area contributed by atoms with Gasteiger partial charge in [-0.05, 0) is 24.1 Å². The number of rotatable bonds is 4. The van der Waals surface area contributed by atoms with Crippen LogP contribution in [0.1, 0.15) is 23.7 Å². The molecule has 2 unspecified atom stereocenters. The van der Waals surface area contributed by atoms with Gasteiger partial charge in [0.1, 0.15) is 0 Å². The molecule has 21 heavy (non-hydrogen) atoms. The van der Waals surface area contributed by atoms with Crippen LogP contribution in [0.2, 0.25) is 0 Å². The summed E-state index contributed by atoms with van der Waals surface area (Å²) < 4.78 is 5.05. The summed E-state index contributed by atoms with van der Waals surface area (Å²) in [5.41, 5.74) is 1.34. The van der Waals surface area contributed by atoms with Crippen molar-refractivity contribution in [2.45, 2.75) is 38.5 Å². The van der Waals surface area contributed by atoms with Gasteiger partial charge in [-0.3, -0.25) is 14.8 Å². The highest BCUT2D eigenvalue weighted by molar-refractivity contribution is 5.11. The average Bonchev–Trinajstić information content (AvgIpc) is 2.91. The average molecular weight is 285 g/mol. The van der Waals surface area contributed by atoms with Gasteiger partial charge >= 0.3 is 0 Å². The Morgan fingerprint density at radius 2 is 1.95 bits per heavy atom. The summed E-state index contributed by atoms with van der Waals surface area (Å²) in [7, 11) is 0. The van der Waals surface area contributed by atoms with Crippen LogP contribution in [0.5, 0.6) is 0 Å². The fourth-order valence-electron chi connectivity index (χ4n) is 3.48. The van der Waals surface area contributed by atoms with Crippen LogP contribution in [-0.2, 0) is 13.1 Å². The summed E-state index contributed by atoms with van der Waals surface area (Å²) in [6.45, 7) is 5.91. The number of fused-ring (bicyclic) bond motifs is 2. The molecule has 0 amide bonds. The van der Waals surface area contributed by atoms with Gasteiger partial charge in [0.2, 0.25) is 5.89 Å². The Hall–Kier alpha value is -1.79. The molecule has 110 valence electrons. The molecule has 0 aromatic carbocycles. The smallest absolute Gasteiger partial charge is 0.223 e. The molecule has 2 atom stereocenters. The number of piperazine rings is 1. The fraction of sp³-hybridized carbons (Fsp3) is 0.533. The second-order valence-electron chi connectivity index (χ2n) is 5.99. The van der Waals surface area contributed by atoms with Crippen molar-refractivity contribution in [2.75, 3.05) is 13.1 Å². The van der Waals surface area contributed by atoms with Gasteiger partial charge in [0.05, 0.1) is 6.54 Å². The van der Waals surface area contributed by atoms with E-state index in [1.165, 1.54) is 12.0 Å². The molecule has 2 aromatic rings. The highest BCUT2D eigenvalue weighted by Crippen LogP contribution is 2.33. The van der Waals surface area contributed by atoms with E-state index in [0.29, 0.717) is 18.0 Å². The largest absolute Gasteiger partial charge is 0.340 e. The predicted octanol–water partition coefficient (Wildman–Crippen LogP) is 1.23. The normalized spacial score (nSPS) is 25.8. The highest BCUT2D eigenvalue weighted by atomic mass is 16.5. The number of pyridine rings is 1. The maximum absolute atomic E-state index is 5.05. The molecule has 0 N–H and O–H groups in total. The second-order valence-corrected chi connectivity index (χ2v) is 5.99. The molecule has 2 bridgehead atoms. The second kappa shape index (κ2) is 5.20. The van der Waals surface area contributed by atoms with Crippen LogP contribution in [-0.4, -0.2) is 50.1 Å². The lowest BCUT2D eigenvalue weighted by atomic mass is 9.87. The van der Waals surface area contributed by atoms with E-state index >= 15 is 0 Å². The van der Waals surface area contributed by atoms with E-state index < -0.39 is 0 Å². The van der Waals surface area contributed by atoms with Crippen molar-refractivity contribution in [1.29, 1.82) is 0 Å². The quantitative estimate of drug-likeness (QED) is 0.842. The molecule has 6 nitrogen and oxygen atoms in total. The minimum Gasteiger partial charge on any atom is -0.340 e. The molecule has 6 heteroatoms. The van der Waals surface area contributed by atoms with E-state index in [-0.39, 0.29) is 0 Å². The first-order valence-electron chi connectivity index (χ1n) is 7.44. The maximum atomic E-state index is 5.05. The number of aryl methyl sites for hydroxylation is 1. The Morgan fingerprint density at radius 1 is 1.19 bits per heavy atom. The van der Waals surface area contributed by atoms with Crippen LogP contribution in [0.25, 0.3) is 0 Å². The topological polar surface area (TPSA) is 58.3 Å². The number of aromatic nitrogens is 3. The minimum atomic E-state index is 0.629. The predicted molar refractivity (Wildman–Crippen MR) is 76.3 cm³/mol. The highest BCUT2D eigenvalue weighted by Gasteiger charge is 2.44. The number of piperidine rings is 1. The lowest BCUT2D eigenvalue weighted by Crippen LogP contribution is -2.67. The number of hydrogen-bond donors (Lipinski definition) is 0. The molecule has 0 radical (unpaired) electrons. The van der Waals surface area contributed by atoms with Crippen molar-refractivity contribution in [1.82, 2.24) is 24.9 Å². The maximum Gasteiger partial charge on any atom is 0.223 e. The van der Waals surface area contributed by atoms with Gasteiger partial charge in [-0.15, -0.1) is 0 Å². The summed E-state index contributed by atoms with van der Waals surface area (Å²) in [4.78, 5) is 13.4. The summed E-state index contributed by atoms with van der Waals surface area (Å²) in [5.74, 6) is 1.46. The molecule has 3 aliphatic rings. The van der Waals surface area contributed by atoms with Crippen LogP contribution < -0.4 is 0 Å². The molecule has 5 rings (SSSR count). The van der Waals surface area contributed by atoms with E-state index in [4.69, 9.17) is 4.52 Å². The Kier molecular flexibility index (Phi) is 3.20. The van der Waals surface area contributed by atoms with E-state index in [1.54, 1.807) is 0 Å². The zero-order valence-electron chi connectivity index (χ0n) is 12.1. The van der Waals surface area contributed by atoms with Crippen molar-refractivity contribution < 1.29 is 4.52 Å². The number of nitrogens with zero attached hydrogens (tertiary/aromatic N) is 5.